The summed E-state index contributed by atoms with van der Waals surface area (Å²) in [5.41, 5.74) is -2.82. The zero-order valence-electron chi connectivity index (χ0n) is 12.5. The number of para-hydroxylation sites is 2. The van der Waals surface area contributed by atoms with E-state index >= 15 is 0 Å². The molecule has 1 heterocycles. The second-order valence-corrected chi connectivity index (χ2v) is 5.22. The summed E-state index contributed by atoms with van der Waals surface area (Å²) in [4.78, 5) is 26.8. The van der Waals surface area contributed by atoms with Gasteiger partial charge in [0.2, 0.25) is 0 Å². The van der Waals surface area contributed by atoms with E-state index in [4.69, 9.17) is 0 Å². The number of alkyl halides is 3. The van der Waals surface area contributed by atoms with E-state index in [2.05, 4.69) is 4.98 Å². The largest absolute Gasteiger partial charge is 0.506 e. The predicted octanol–water partition coefficient (Wildman–Crippen LogP) is 3.50. The van der Waals surface area contributed by atoms with Crippen molar-refractivity contribution in [3.63, 3.8) is 0 Å². The Bertz CT molecular complexity index is 1030. The number of benzene rings is 2. The summed E-state index contributed by atoms with van der Waals surface area (Å²) in [7, 11) is 0. The maximum atomic E-state index is 13.0. The topological polar surface area (TPSA) is 82.2 Å². The molecule has 0 fully saturated rings. The molecule has 0 spiro atoms. The first kappa shape index (κ1) is 16.6. The lowest BCUT2D eigenvalue weighted by molar-refractivity contribution is -0.136. The maximum absolute atomic E-state index is 13.0. The third-order valence-corrected chi connectivity index (χ3v) is 3.60. The van der Waals surface area contributed by atoms with Gasteiger partial charge in [0, 0.05) is 5.39 Å². The standard InChI is InChI=1S/C17H11F3N2O3/c18-17(19,20)10-6-2-4-8-12(10)22-16(25)13-14(23)9-5-1-3-7-11(9)21-15(13)24/h1-8H,(H,22,25)(H2,21,23,24). The number of fused-ring (bicyclic) bond motifs is 1. The van der Waals surface area contributed by atoms with Crippen LogP contribution in [0, 0.1) is 0 Å². The summed E-state index contributed by atoms with van der Waals surface area (Å²) in [6.07, 6.45) is -4.68. The number of anilines is 1. The van der Waals surface area contributed by atoms with Crippen molar-refractivity contribution in [1.29, 1.82) is 0 Å². The van der Waals surface area contributed by atoms with Gasteiger partial charge in [-0.05, 0) is 24.3 Å². The molecular weight excluding hydrogens is 337 g/mol. The van der Waals surface area contributed by atoms with E-state index in [0.29, 0.717) is 5.52 Å². The highest BCUT2D eigenvalue weighted by atomic mass is 19.4. The summed E-state index contributed by atoms with van der Waals surface area (Å²) in [6, 6.07) is 10.6. The Morgan fingerprint density at radius 3 is 2.40 bits per heavy atom. The monoisotopic (exact) mass is 348 g/mol. The summed E-state index contributed by atoms with van der Waals surface area (Å²) >= 11 is 0. The number of amides is 1. The number of halogens is 3. The maximum Gasteiger partial charge on any atom is 0.418 e. The lowest BCUT2D eigenvalue weighted by Crippen LogP contribution is -2.24. The van der Waals surface area contributed by atoms with E-state index in [-0.39, 0.29) is 5.39 Å². The van der Waals surface area contributed by atoms with Gasteiger partial charge in [0.05, 0.1) is 16.8 Å². The van der Waals surface area contributed by atoms with Crippen LogP contribution in [0.4, 0.5) is 18.9 Å². The van der Waals surface area contributed by atoms with Gasteiger partial charge >= 0.3 is 6.18 Å². The third-order valence-electron chi connectivity index (χ3n) is 3.60. The smallest absolute Gasteiger partial charge is 0.418 e. The Balaban J connectivity index is 2.07. The van der Waals surface area contributed by atoms with Gasteiger partial charge in [-0.2, -0.15) is 13.2 Å². The average Bonchev–Trinajstić information content (AvgIpc) is 2.54. The first-order chi connectivity index (χ1) is 11.8. The minimum absolute atomic E-state index is 0.205. The van der Waals surface area contributed by atoms with E-state index in [0.717, 1.165) is 12.1 Å². The Labute approximate surface area is 138 Å². The minimum atomic E-state index is -4.68. The first-order valence-electron chi connectivity index (χ1n) is 7.10. The average molecular weight is 348 g/mol. The normalized spacial score (nSPS) is 11.5. The Morgan fingerprint density at radius 2 is 1.68 bits per heavy atom. The molecule has 0 atom stereocenters. The highest BCUT2D eigenvalue weighted by Crippen LogP contribution is 2.35. The number of hydrogen-bond donors (Lipinski definition) is 3. The van der Waals surface area contributed by atoms with Crippen LogP contribution in [0.5, 0.6) is 5.75 Å². The number of nitrogens with one attached hydrogen (secondary N) is 2. The van der Waals surface area contributed by atoms with Crippen LogP contribution in [0.3, 0.4) is 0 Å². The lowest BCUT2D eigenvalue weighted by Gasteiger charge is -2.14. The van der Waals surface area contributed by atoms with Crippen molar-refractivity contribution in [3.8, 4) is 5.75 Å². The predicted molar refractivity (Wildman–Crippen MR) is 85.6 cm³/mol. The van der Waals surface area contributed by atoms with Gasteiger partial charge < -0.3 is 15.4 Å². The molecule has 0 unspecified atom stereocenters. The molecule has 0 aliphatic heterocycles. The molecule has 2 aromatic carbocycles. The Kier molecular flexibility index (Phi) is 3.96. The van der Waals surface area contributed by atoms with Gasteiger partial charge in [-0.3, -0.25) is 9.59 Å². The molecule has 8 heteroatoms. The number of carbonyl (C=O) groups is 1. The third kappa shape index (κ3) is 3.06. The number of aromatic nitrogens is 1. The van der Waals surface area contributed by atoms with Gasteiger partial charge in [0.25, 0.3) is 11.5 Å². The van der Waals surface area contributed by atoms with Crippen LogP contribution in [-0.4, -0.2) is 16.0 Å². The van der Waals surface area contributed by atoms with Gasteiger partial charge in [-0.25, -0.2) is 0 Å². The van der Waals surface area contributed by atoms with E-state index in [1.807, 2.05) is 5.32 Å². The van der Waals surface area contributed by atoms with Gasteiger partial charge in [-0.15, -0.1) is 0 Å². The van der Waals surface area contributed by atoms with Crippen molar-refractivity contribution >= 4 is 22.5 Å². The van der Waals surface area contributed by atoms with Crippen LogP contribution in [0.15, 0.2) is 53.3 Å². The molecule has 0 aliphatic rings. The second kappa shape index (κ2) is 5.97. The van der Waals surface area contributed by atoms with Crippen LogP contribution in [-0.2, 0) is 6.18 Å². The summed E-state index contributed by atoms with van der Waals surface area (Å²) in [5, 5.41) is 12.5. The lowest BCUT2D eigenvalue weighted by atomic mass is 10.1. The molecule has 0 saturated heterocycles. The fourth-order valence-electron chi connectivity index (χ4n) is 2.46. The number of carbonyl (C=O) groups excluding carboxylic acids is 1. The van der Waals surface area contributed by atoms with E-state index in [9.17, 15) is 27.9 Å². The number of aromatic amines is 1. The SMILES string of the molecule is O=C(Nc1ccccc1C(F)(F)F)c1c(O)c2ccccc2[nH]c1=O. The molecule has 3 rings (SSSR count). The van der Waals surface area contributed by atoms with Crippen LogP contribution in [0.1, 0.15) is 15.9 Å². The quantitative estimate of drug-likeness (QED) is 0.663. The zero-order chi connectivity index (χ0) is 18.2. The van der Waals surface area contributed by atoms with Crippen LogP contribution >= 0.6 is 0 Å². The van der Waals surface area contributed by atoms with E-state index in [1.165, 1.54) is 24.3 Å². The molecule has 3 aromatic rings. The van der Waals surface area contributed by atoms with Crippen molar-refractivity contribution in [2.24, 2.45) is 0 Å². The van der Waals surface area contributed by atoms with Crippen molar-refractivity contribution in [1.82, 2.24) is 4.98 Å². The van der Waals surface area contributed by atoms with Crippen molar-refractivity contribution < 1.29 is 23.1 Å². The van der Waals surface area contributed by atoms with Gasteiger partial charge in [0.1, 0.15) is 11.3 Å². The molecule has 0 radical (unpaired) electrons. The highest BCUT2D eigenvalue weighted by Gasteiger charge is 2.34. The Hall–Kier alpha value is -3.29. The fraction of sp³-hybridized carbons (Fsp3) is 0.0588. The van der Waals surface area contributed by atoms with Gasteiger partial charge in [-0.1, -0.05) is 24.3 Å². The number of aromatic hydroxyl groups is 1. The van der Waals surface area contributed by atoms with Crippen molar-refractivity contribution in [2.75, 3.05) is 5.32 Å². The second-order valence-electron chi connectivity index (χ2n) is 5.22. The summed E-state index contributed by atoms with van der Waals surface area (Å²) in [6.45, 7) is 0. The van der Waals surface area contributed by atoms with Crippen molar-refractivity contribution in [3.05, 3.63) is 70.0 Å². The zero-order valence-corrected chi connectivity index (χ0v) is 12.5. The first-order valence-corrected chi connectivity index (χ1v) is 7.10. The van der Waals surface area contributed by atoms with Gasteiger partial charge in [0.15, 0.2) is 0 Å². The molecule has 25 heavy (non-hydrogen) atoms. The number of pyridine rings is 1. The molecular formula is C17H11F3N2O3. The molecule has 0 aliphatic carbocycles. The molecule has 5 nitrogen and oxygen atoms in total. The van der Waals surface area contributed by atoms with Crippen LogP contribution in [0.25, 0.3) is 10.9 Å². The number of H-pyrrole nitrogens is 1. The van der Waals surface area contributed by atoms with E-state index < -0.39 is 40.2 Å². The molecule has 0 saturated carbocycles. The fourth-order valence-corrected chi connectivity index (χ4v) is 2.46. The van der Waals surface area contributed by atoms with Crippen LogP contribution < -0.4 is 10.9 Å². The molecule has 128 valence electrons. The minimum Gasteiger partial charge on any atom is -0.506 e. The molecule has 1 aromatic heterocycles. The van der Waals surface area contributed by atoms with Crippen LogP contribution in [0.2, 0.25) is 0 Å². The highest BCUT2D eigenvalue weighted by molar-refractivity contribution is 6.09. The van der Waals surface area contributed by atoms with E-state index in [1.54, 1.807) is 12.1 Å². The molecule has 0 bridgehead atoms. The molecule has 3 N–H and O–H groups in total. The Morgan fingerprint density at radius 1 is 1.04 bits per heavy atom. The molecule has 1 amide bonds. The number of rotatable bonds is 2. The number of hydrogen-bond acceptors (Lipinski definition) is 3. The van der Waals surface area contributed by atoms with Crippen molar-refractivity contribution in [2.45, 2.75) is 6.18 Å². The summed E-state index contributed by atoms with van der Waals surface area (Å²) < 4.78 is 39.0. The summed E-state index contributed by atoms with van der Waals surface area (Å²) in [5.74, 6) is -1.73.